The lowest BCUT2D eigenvalue weighted by Crippen LogP contribution is -2.25. The van der Waals surface area contributed by atoms with Crippen molar-refractivity contribution < 1.29 is 4.39 Å². The molecule has 0 bridgehead atoms. The van der Waals surface area contributed by atoms with Crippen LogP contribution in [0.3, 0.4) is 0 Å². The molecule has 1 aromatic heterocycles. The van der Waals surface area contributed by atoms with Crippen LogP contribution in [0, 0.1) is 5.82 Å². The van der Waals surface area contributed by atoms with Crippen molar-refractivity contribution in [2.75, 3.05) is 18.5 Å². The number of nitrogens with one attached hydrogen (secondary N) is 1. The average Bonchev–Trinajstić information content (AvgIpc) is 2.34. The van der Waals surface area contributed by atoms with Crippen molar-refractivity contribution in [3.05, 3.63) is 23.6 Å². The molecule has 1 heterocycles. The molecule has 0 radical (unpaired) electrons. The van der Waals surface area contributed by atoms with Gasteiger partial charge >= 0.3 is 0 Å². The molecule has 3 nitrogen and oxygen atoms in total. The van der Waals surface area contributed by atoms with Gasteiger partial charge in [-0.3, -0.25) is 0 Å². The molecule has 0 atom stereocenters. The van der Waals surface area contributed by atoms with Gasteiger partial charge in [0.1, 0.15) is 0 Å². The quantitative estimate of drug-likeness (QED) is 0.809. The maximum Gasteiger partial charge on any atom is 0.170 e. The van der Waals surface area contributed by atoms with Gasteiger partial charge in [0.25, 0.3) is 0 Å². The molecule has 0 aliphatic heterocycles. The molecule has 0 fully saturated rings. The third-order valence-electron chi connectivity index (χ3n) is 2.86. The van der Waals surface area contributed by atoms with Crippen LogP contribution >= 0.6 is 0 Å². The summed E-state index contributed by atoms with van der Waals surface area (Å²) in [7, 11) is 1.89. The predicted molar refractivity (Wildman–Crippen MR) is 74.3 cm³/mol. The van der Waals surface area contributed by atoms with Gasteiger partial charge in [-0.25, -0.2) is 9.37 Å². The second-order valence-electron chi connectivity index (χ2n) is 4.92. The summed E-state index contributed by atoms with van der Waals surface area (Å²) in [5.41, 5.74) is 0.678. The minimum absolute atomic E-state index is 0.204. The minimum atomic E-state index is -0.204. The molecular formula is C14H24FN3. The van der Waals surface area contributed by atoms with Crippen molar-refractivity contribution in [3.8, 4) is 0 Å². The Morgan fingerprint density at radius 1 is 1.44 bits per heavy atom. The minimum Gasteiger partial charge on any atom is -0.357 e. The Balaban J connectivity index is 2.77. The topological polar surface area (TPSA) is 28.2 Å². The predicted octanol–water partition coefficient (Wildman–Crippen LogP) is 2.96. The monoisotopic (exact) mass is 253 g/mol. The van der Waals surface area contributed by atoms with Gasteiger partial charge in [-0.2, -0.15) is 0 Å². The van der Waals surface area contributed by atoms with Crippen LogP contribution in [0.25, 0.3) is 0 Å². The summed E-state index contributed by atoms with van der Waals surface area (Å²) >= 11 is 0. The van der Waals surface area contributed by atoms with E-state index in [-0.39, 0.29) is 5.82 Å². The molecule has 18 heavy (non-hydrogen) atoms. The first-order chi connectivity index (χ1) is 8.56. The van der Waals surface area contributed by atoms with Gasteiger partial charge < -0.3 is 10.2 Å². The van der Waals surface area contributed by atoms with Crippen LogP contribution < -0.4 is 10.2 Å². The number of nitrogens with zero attached hydrogens (tertiary/aromatic N) is 2. The van der Waals surface area contributed by atoms with Gasteiger partial charge in [0.05, 0.1) is 0 Å². The van der Waals surface area contributed by atoms with Crippen LogP contribution in [0.5, 0.6) is 0 Å². The number of unbranched alkanes of at least 4 members (excludes halogenated alkanes) is 1. The zero-order valence-corrected chi connectivity index (χ0v) is 11.8. The molecule has 0 unspecified atom stereocenters. The van der Waals surface area contributed by atoms with Crippen molar-refractivity contribution in [1.82, 2.24) is 10.3 Å². The van der Waals surface area contributed by atoms with Gasteiger partial charge in [0, 0.05) is 37.9 Å². The smallest absolute Gasteiger partial charge is 0.170 e. The fourth-order valence-corrected chi connectivity index (χ4v) is 1.69. The van der Waals surface area contributed by atoms with E-state index in [0.29, 0.717) is 24.0 Å². The Labute approximate surface area is 109 Å². The van der Waals surface area contributed by atoms with E-state index in [1.54, 1.807) is 12.3 Å². The summed E-state index contributed by atoms with van der Waals surface area (Å²) < 4.78 is 14.3. The molecule has 0 amide bonds. The van der Waals surface area contributed by atoms with E-state index in [0.717, 1.165) is 19.4 Å². The van der Waals surface area contributed by atoms with E-state index in [2.05, 4.69) is 17.2 Å². The van der Waals surface area contributed by atoms with E-state index in [9.17, 15) is 4.39 Å². The van der Waals surface area contributed by atoms with E-state index in [4.69, 9.17) is 0 Å². The first-order valence-electron chi connectivity index (χ1n) is 6.64. The highest BCUT2D eigenvalue weighted by molar-refractivity contribution is 5.42. The number of hydrogen-bond acceptors (Lipinski definition) is 3. The molecule has 102 valence electrons. The normalized spacial score (nSPS) is 11.0. The molecule has 1 aromatic rings. The molecule has 1 N–H and O–H groups in total. The highest BCUT2D eigenvalue weighted by atomic mass is 19.1. The lowest BCUT2D eigenvalue weighted by Gasteiger charge is -2.19. The fourth-order valence-electron chi connectivity index (χ4n) is 1.69. The number of anilines is 1. The number of pyridine rings is 1. The van der Waals surface area contributed by atoms with E-state index < -0.39 is 0 Å². The standard InChI is InChI=1S/C14H24FN3/c1-5-6-9-18(4)14-13(15)12(7-8-16-14)10-17-11(2)3/h7-8,11,17H,5-6,9-10H2,1-4H3. The van der Waals surface area contributed by atoms with Crippen molar-refractivity contribution >= 4 is 5.82 Å². The second-order valence-corrected chi connectivity index (χ2v) is 4.92. The molecular weight excluding hydrogens is 229 g/mol. The second kappa shape index (κ2) is 7.31. The van der Waals surface area contributed by atoms with Gasteiger partial charge in [0.15, 0.2) is 11.6 Å². The summed E-state index contributed by atoms with van der Waals surface area (Å²) in [6, 6.07) is 2.08. The lowest BCUT2D eigenvalue weighted by molar-refractivity contribution is 0.548. The van der Waals surface area contributed by atoms with Crippen LogP contribution in [0.4, 0.5) is 10.2 Å². The van der Waals surface area contributed by atoms with E-state index in [1.807, 2.05) is 25.8 Å². The summed E-state index contributed by atoms with van der Waals surface area (Å²) in [6.07, 6.45) is 3.82. The Hall–Kier alpha value is -1.16. The molecule has 0 spiro atoms. The maximum atomic E-state index is 14.3. The summed E-state index contributed by atoms with van der Waals surface area (Å²) in [4.78, 5) is 6.03. The first kappa shape index (κ1) is 14.9. The molecule has 0 aromatic carbocycles. The maximum absolute atomic E-state index is 14.3. The van der Waals surface area contributed by atoms with Crippen LogP contribution in [-0.4, -0.2) is 24.6 Å². The van der Waals surface area contributed by atoms with Gasteiger partial charge in [0.2, 0.25) is 0 Å². The highest BCUT2D eigenvalue weighted by Crippen LogP contribution is 2.18. The van der Waals surface area contributed by atoms with Crippen molar-refractivity contribution in [3.63, 3.8) is 0 Å². The summed E-state index contributed by atoms with van der Waals surface area (Å²) in [6.45, 7) is 7.60. The van der Waals surface area contributed by atoms with Crippen molar-refractivity contribution in [2.24, 2.45) is 0 Å². The molecule has 0 aliphatic carbocycles. The molecule has 0 aliphatic rings. The lowest BCUT2D eigenvalue weighted by atomic mass is 10.2. The molecule has 1 rings (SSSR count). The zero-order chi connectivity index (χ0) is 13.5. The largest absolute Gasteiger partial charge is 0.357 e. The fraction of sp³-hybridized carbons (Fsp3) is 0.643. The molecule has 0 saturated carbocycles. The SMILES string of the molecule is CCCCN(C)c1nccc(CNC(C)C)c1F. The number of hydrogen-bond donors (Lipinski definition) is 1. The van der Waals surface area contributed by atoms with Crippen LogP contribution in [0.15, 0.2) is 12.3 Å². The van der Waals surface area contributed by atoms with E-state index >= 15 is 0 Å². The first-order valence-corrected chi connectivity index (χ1v) is 6.64. The third kappa shape index (κ3) is 4.26. The Morgan fingerprint density at radius 3 is 2.78 bits per heavy atom. The average molecular weight is 253 g/mol. The summed E-state index contributed by atoms with van der Waals surface area (Å²) in [5, 5.41) is 3.23. The van der Waals surface area contributed by atoms with Crippen LogP contribution in [0.2, 0.25) is 0 Å². The van der Waals surface area contributed by atoms with Gasteiger partial charge in [-0.05, 0) is 12.5 Å². The molecule has 0 saturated heterocycles. The molecule has 4 heteroatoms. The van der Waals surface area contributed by atoms with Crippen LogP contribution in [-0.2, 0) is 6.54 Å². The van der Waals surface area contributed by atoms with Crippen LogP contribution in [0.1, 0.15) is 39.2 Å². The summed E-state index contributed by atoms with van der Waals surface area (Å²) in [5.74, 6) is 0.246. The van der Waals surface area contributed by atoms with Gasteiger partial charge in [-0.1, -0.05) is 27.2 Å². The zero-order valence-electron chi connectivity index (χ0n) is 11.8. The number of halogens is 1. The third-order valence-corrected chi connectivity index (χ3v) is 2.86. The van der Waals surface area contributed by atoms with Crippen molar-refractivity contribution in [2.45, 2.75) is 46.2 Å². The number of rotatable bonds is 7. The Morgan fingerprint density at radius 2 is 2.17 bits per heavy atom. The Kier molecular flexibility index (Phi) is 6.05. The van der Waals surface area contributed by atoms with Crippen molar-refractivity contribution in [1.29, 1.82) is 0 Å². The number of aromatic nitrogens is 1. The van der Waals surface area contributed by atoms with E-state index in [1.165, 1.54) is 0 Å². The Bertz CT molecular complexity index is 366. The highest BCUT2D eigenvalue weighted by Gasteiger charge is 2.13. The van der Waals surface area contributed by atoms with Gasteiger partial charge in [-0.15, -0.1) is 0 Å².